The Bertz CT molecular complexity index is 754. The van der Waals surface area contributed by atoms with E-state index in [0.29, 0.717) is 11.1 Å². The standard InChI is InChI=1S/C14H14N6O2S2/c1-7(10(6-17-13(15)23)18-19-14(16)24)20-11(21)8-4-2-3-5-9(8)12(20)22/h2-7H,1H3,(H2,15,23)(H3,16,19,24). The fourth-order valence-electron chi connectivity index (χ4n) is 2.17. The topological polar surface area (TPSA) is 126 Å². The van der Waals surface area contributed by atoms with Crippen molar-refractivity contribution in [1.29, 1.82) is 0 Å². The fraction of sp³-hybridized carbons (Fsp3) is 0.143. The predicted octanol–water partition coefficient (Wildman–Crippen LogP) is 0.175. The predicted molar refractivity (Wildman–Crippen MR) is 99.0 cm³/mol. The normalized spacial score (nSPS) is 15.5. The summed E-state index contributed by atoms with van der Waals surface area (Å²) in [6.07, 6.45) is 1.25. The minimum absolute atomic E-state index is 0.0780. The van der Waals surface area contributed by atoms with E-state index in [4.69, 9.17) is 23.7 Å². The molecule has 1 aliphatic heterocycles. The molecule has 0 aromatic heterocycles. The number of fused-ring (bicyclic) bond motifs is 1. The average molecular weight is 362 g/mol. The maximum atomic E-state index is 12.5. The van der Waals surface area contributed by atoms with Gasteiger partial charge in [0.15, 0.2) is 10.2 Å². The SMILES string of the molecule is CC(C(C=NC(N)=S)=NNC(N)=S)N1C(=O)c2ccccc2C1=O. The number of carbonyl (C=O) groups excluding carboxylic acids is 2. The molecule has 1 aromatic rings. The molecular formula is C14H14N6O2S2. The van der Waals surface area contributed by atoms with Gasteiger partial charge in [-0.25, -0.2) is 4.99 Å². The molecular weight excluding hydrogens is 348 g/mol. The molecule has 0 fully saturated rings. The molecule has 2 amide bonds. The minimum Gasteiger partial charge on any atom is -0.375 e. The Morgan fingerprint density at radius 1 is 1.21 bits per heavy atom. The summed E-state index contributed by atoms with van der Waals surface area (Å²) in [7, 11) is 0. The van der Waals surface area contributed by atoms with Gasteiger partial charge in [0, 0.05) is 0 Å². The highest BCUT2D eigenvalue weighted by Crippen LogP contribution is 2.24. The molecule has 124 valence electrons. The highest BCUT2D eigenvalue weighted by Gasteiger charge is 2.39. The molecule has 1 heterocycles. The van der Waals surface area contributed by atoms with Crippen LogP contribution in [0.4, 0.5) is 0 Å². The van der Waals surface area contributed by atoms with Crippen molar-refractivity contribution < 1.29 is 9.59 Å². The summed E-state index contributed by atoms with van der Waals surface area (Å²) in [5.74, 6) is -0.843. The summed E-state index contributed by atoms with van der Waals surface area (Å²) >= 11 is 9.37. The lowest BCUT2D eigenvalue weighted by Crippen LogP contribution is -2.44. The van der Waals surface area contributed by atoms with Crippen molar-refractivity contribution in [3.05, 3.63) is 35.4 Å². The highest BCUT2D eigenvalue weighted by molar-refractivity contribution is 7.80. The Balaban J connectivity index is 2.36. The largest absolute Gasteiger partial charge is 0.375 e. The smallest absolute Gasteiger partial charge is 0.262 e. The zero-order chi connectivity index (χ0) is 17.9. The van der Waals surface area contributed by atoms with Crippen LogP contribution in [0.3, 0.4) is 0 Å². The lowest BCUT2D eigenvalue weighted by molar-refractivity contribution is 0.0636. The second kappa shape index (κ2) is 7.23. The first-order valence-electron chi connectivity index (χ1n) is 6.76. The number of amides is 2. The van der Waals surface area contributed by atoms with Gasteiger partial charge in [0.25, 0.3) is 11.8 Å². The molecule has 0 saturated heterocycles. The fourth-order valence-corrected chi connectivity index (χ4v) is 2.27. The van der Waals surface area contributed by atoms with E-state index in [1.54, 1.807) is 31.2 Å². The van der Waals surface area contributed by atoms with Crippen LogP contribution in [0.1, 0.15) is 27.6 Å². The number of nitrogens with one attached hydrogen (secondary N) is 1. The lowest BCUT2D eigenvalue weighted by atomic mass is 10.1. The summed E-state index contributed by atoms with van der Waals surface area (Å²) in [4.78, 5) is 29.9. The molecule has 1 atom stereocenters. The van der Waals surface area contributed by atoms with Gasteiger partial charge in [0.05, 0.1) is 23.4 Å². The summed E-state index contributed by atoms with van der Waals surface area (Å²) < 4.78 is 0. The molecule has 5 N–H and O–H groups in total. The molecule has 24 heavy (non-hydrogen) atoms. The molecule has 8 nitrogen and oxygen atoms in total. The van der Waals surface area contributed by atoms with Gasteiger partial charge in [-0.15, -0.1) is 0 Å². The zero-order valence-electron chi connectivity index (χ0n) is 12.6. The number of nitrogens with zero attached hydrogens (tertiary/aromatic N) is 3. The van der Waals surface area contributed by atoms with E-state index in [2.05, 4.69) is 27.7 Å². The summed E-state index contributed by atoms with van der Waals surface area (Å²) in [6, 6.07) is 5.83. The van der Waals surface area contributed by atoms with Gasteiger partial charge in [-0.05, 0) is 43.5 Å². The van der Waals surface area contributed by atoms with Crippen LogP contribution in [0.2, 0.25) is 0 Å². The number of hydrazone groups is 1. The van der Waals surface area contributed by atoms with Crippen LogP contribution in [-0.2, 0) is 0 Å². The highest BCUT2D eigenvalue weighted by atomic mass is 32.1. The van der Waals surface area contributed by atoms with Crippen molar-refractivity contribution in [3.8, 4) is 0 Å². The first-order chi connectivity index (χ1) is 11.3. The molecule has 0 bridgehead atoms. The number of nitrogens with two attached hydrogens (primary N) is 2. The number of aliphatic imine (C=N–C) groups is 1. The van der Waals surface area contributed by atoms with Gasteiger partial charge in [-0.2, -0.15) is 5.10 Å². The molecule has 1 aliphatic rings. The van der Waals surface area contributed by atoms with Crippen molar-refractivity contribution in [2.75, 3.05) is 0 Å². The number of benzene rings is 1. The van der Waals surface area contributed by atoms with E-state index in [0.717, 1.165) is 4.90 Å². The quantitative estimate of drug-likeness (QED) is 0.302. The Hall–Kier alpha value is -2.72. The van der Waals surface area contributed by atoms with Crippen LogP contribution in [0.15, 0.2) is 34.4 Å². The minimum atomic E-state index is -0.739. The number of hydrogen-bond donors (Lipinski definition) is 3. The number of rotatable bonds is 4. The summed E-state index contributed by atoms with van der Waals surface area (Å²) in [5, 5.41) is 3.77. The van der Waals surface area contributed by atoms with Gasteiger partial charge in [0.2, 0.25) is 0 Å². The van der Waals surface area contributed by atoms with Crippen LogP contribution in [0, 0.1) is 0 Å². The van der Waals surface area contributed by atoms with Gasteiger partial charge in [-0.1, -0.05) is 12.1 Å². The number of carbonyl (C=O) groups is 2. The summed E-state index contributed by atoms with van der Waals surface area (Å²) in [6.45, 7) is 1.62. The van der Waals surface area contributed by atoms with Crippen molar-refractivity contribution in [1.82, 2.24) is 10.3 Å². The molecule has 0 saturated carbocycles. The van der Waals surface area contributed by atoms with Crippen LogP contribution < -0.4 is 16.9 Å². The number of hydrogen-bond acceptors (Lipinski definition) is 5. The first kappa shape index (κ1) is 17.6. The molecule has 10 heteroatoms. The first-order valence-corrected chi connectivity index (χ1v) is 7.58. The number of imide groups is 1. The Kier molecular flexibility index (Phi) is 5.31. The van der Waals surface area contributed by atoms with E-state index >= 15 is 0 Å². The lowest BCUT2D eigenvalue weighted by Gasteiger charge is -2.22. The Morgan fingerprint density at radius 2 is 1.75 bits per heavy atom. The molecule has 1 unspecified atom stereocenters. The maximum absolute atomic E-state index is 12.5. The van der Waals surface area contributed by atoms with Crippen molar-refractivity contribution >= 4 is 58.4 Å². The van der Waals surface area contributed by atoms with Gasteiger partial charge < -0.3 is 11.5 Å². The van der Waals surface area contributed by atoms with Crippen LogP contribution in [0.25, 0.3) is 0 Å². The zero-order valence-corrected chi connectivity index (χ0v) is 14.2. The van der Waals surface area contributed by atoms with E-state index in [1.165, 1.54) is 6.21 Å². The van der Waals surface area contributed by atoms with Crippen LogP contribution in [0.5, 0.6) is 0 Å². The van der Waals surface area contributed by atoms with E-state index in [1.807, 2.05) is 0 Å². The second-order valence-electron chi connectivity index (χ2n) is 4.81. The molecule has 0 radical (unpaired) electrons. The average Bonchev–Trinajstić information content (AvgIpc) is 2.78. The Labute approximate surface area is 148 Å². The van der Waals surface area contributed by atoms with E-state index < -0.39 is 17.9 Å². The summed E-state index contributed by atoms with van der Waals surface area (Å²) in [5.41, 5.74) is 14.0. The second-order valence-corrected chi connectivity index (χ2v) is 5.67. The molecule has 1 aromatic carbocycles. The maximum Gasteiger partial charge on any atom is 0.262 e. The van der Waals surface area contributed by atoms with E-state index in [9.17, 15) is 9.59 Å². The van der Waals surface area contributed by atoms with Gasteiger partial charge >= 0.3 is 0 Å². The van der Waals surface area contributed by atoms with Crippen molar-refractivity contribution in [2.24, 2.45) is 21.6 Å². The van der Waals surface area contributed by atoms with Gasteiger partial charge in [-0.3, -0.25) is 19.9 Å². The third-order valence-corrected chi connectivity index (χ3v) is 3.46. The van der Waals surface area contributed by atoms with Crippen molar-refractivity contribution in [3.63, 3.8) is 0 Å². The monoisotopic (exact) mass is 362 g/mol. The third-order valence-electron chi connectivity index (χ3n) is 3.26. The van der Waals surface area contributed by atoms with Crippen molar-refractivity contribution in [2.45, 2.75) is 13.0 Å². The van der Waals surface area contributed by atoms with Crippen LogP contribution in [-0.4, -0.2) is 44.9 Å². The number of thiocarbonyl (C=S) groups is 2. The Morgan fingerprint density at radius 3 is 2.21 bits per heavy atom. The van der Waals surface area contributed by atoms with Gasteiger partial charge in [0.1, 0.15) is 5.71 Å². The van der Waals surface area contributed by atoms with Crippen LogP contribution >= 0.6 is 24.4 Å². The molecule has 0 spiro atoms. The third kappa shape index (κ3) is 3.60. The molecule has 0 aliphatic carbocycles. The molecule has 2 rings (SSSR count). The van der Waals surface area contributed by atoms with E-state index in [-0.39, 0.29) is 15.9 Å².